The number of rotatable bonds is 5. The van der Waals surface area contributed by atoms with Crippen molar-refractivity contribution in [2.45, 2.75) is 13.1 Å². The zero-order valence-electron chi connectivity index (χ0n) is 15.7. The summed E-state index contributed by atoms with van der Waals surface area (Å²) in [5.74, 6) is -1.98. The highest BCUT2D eigenvalue weighted by Gasteiger charge is 2.38. The largest absolute Gasteiger partial charge is 0.471 e. The molecule has 0 atom stereocenters. The van der Waals surface area contributed by atoms with Crippen molar-refractivity contribution in [3.05, 3.63) is 35.7 Å². The monoisotopic (exact) mass is 411 g/mol. The third-order valence-electron chi connectivity index (χ3n) is 4.44. The van der Waals surface area contributed by atoms with Gasteiger partial charge < -0.3 is 14.7 Å². The minimum atomic E-state index is -4.73. The molecule has 0 saturated carbocycles. The Morgan fingerprint density at radius 3 is 2.55 bits per heavy atom. The molecule has 0 aliphatic carbocycles. The van der Waals surface area contributed by atoms with E-state index >= 15 is 0 Å². The summed E-state index contributed by atoms with van der Waals surface area (Å²) in [6.45, 7) is 4.71. The predicted octanol–water partition coefficient (Wildman–Crippen LogP) is 1.65. The fourth-order valence-corrected chi connectivity index (χ4v) is 2.99. The molecule has 1 aromatic carbocycles. The fraction of sp³-hybridized carbons (Fsp3) is 0.444. The predicted molar refractivity (Wildman–Crippen MR) is 95.8 cm³/mol. The van der Waals surface area contributed by atoms with Crippen LogP contribution in [0.4, 0.5) is 13.2 Å². The normalized spacial score (nSPS) is 15.4. The number of alkyl halides is 3. The molecule has 1 fully saturated rings. The number of piperazine rings is 1. The van der Waals surface area contributed by atoms with Gasteiger partial charge in [0.05, 0.1) is 6.54 Å². The lowest BCUT2D eigenvalue weighted by Gasteiger charge is -2.34. The molecular weight excluding hydrogens is 391 g/mol. The van der Waals surface area contributed by atoms with Crippen molar-refractivity contribution in [3.63, 3.8) is 0 Å². The summed E-state index contributed by atoms with van der Waals surface area (Å²) in [5, 5.41) is 6.08. The van der Waals surface area contributed by atoms with Crippen LogP contribution in [0, 0.1) is 0 Å². The van der Waals surface area contributed by atoms with E-state index in [2.05, 4.69) is 20.0 Å². The Morgan fingerprint density at radius 2 is 1.93 bits per heavy atom. The number of likely N-dealkylation sites (N-methyl/N-ethyl adjacent to an activating group) is 1. The second-order valence-electron chi connectivity index (χ2n) is 6.52. The molecular formula is C18H20F3N5O3. The van der Waals surface area contributed by atoms with E-state index in [0.29, 0.717) is 38.3 Å². The molecule has 3 rings (SSSR count). The van der Waals surface area contributed by atoms with Gasteiger partial charge in [-0.1, -0.05) is 17.3 Å². The highest BCUT2D eigenvalue weighted by molar-refractivity contribution is 5.95. The zero-order valence-corrected chi connectivity index (χ0v) is 15.7. The van der Waals surface area contributed by atoms with Crippen molar-refractivity contribution in [3.8, 4) is 11.4 Å². The average Bonchev–Trinajstić information content (AvgIpc) is 3.19. The molecule has 0 bridgehead atoms. The van der Waals surface area contributed by atoms with E-state index in [0.717, 1.165) is 0 Å². The number of nitrogens with one attached hydrogen (secondary N) is 1. The van der Waals surface area contributed by atoms with Crippen LogP contribution in [0.25, 0.3) is 11.4 Å². The van der Waals surface area contributed by atoms with Gasteiger partial charge in [0.25, 0.3) is 5.91 Å². The van der Waals surface area contributed by atoms with E-state index in [4.69, 9.17) is 0 Å². The summed E-state index contributed by atoms with van der Waals surface area (Å²) in [5.41, 5.74) is 0.572. The number of halogens is 3. The van der Waals surface area contributed by atoms with E-state index in [1.807, 2.05) is 11.8 Å². The Hall–Kier alpha value is -2.95. The maximum Gasteiger partial charge on any atom is 0.471 e. The van der Waals surface area contributed by atoms with Crippen molar-refractivity contribution in [2.24, 2.45) is 0 Å². The molecule has 156 valence electrons. The lowest BCUT2D eigenvalue weighted by atomic mass is 10.1. The number of hydrogen-bond acceptors (Lipinski definition) is 6. The summed E-state index contributed by atoms with van der Waals surface area (Å²) in [6.07, 6.45) is -4.73. The summed E-state index contributed by atoms with van der Waals surface area (Å²) >= 11 is 0. The Kier molecular flexibility index (Phi) is 6.16. The van der Waals surface area contributed by atoms with Gasteiger partial charge in [-0.3, -0.25) is 14.5 Å². The van der Waals surface area contributed by atoms with E-state index in [9.17, 15) is 22.8 Å². The second kappa shape index (κ2) is 8.60. The molecule has 1 N–H and O–H groups in total. The third kappa shape index (κ3) is 5.11. The van der Waals surface area contributed by atoms with Crippen molar-refractivity contribution < 1.29 is 27.3 Å². The molecule has 1 saturated heterocycles. The molecule has 29 heavy (non-hydrogen) atoms. The smallest absolute Gasteiger partial charge is 0.355 e. The van der Waals surface area contributed by atoms with Gasteiger partial charge in [0, 0.05) is 43.9 Å². The number of carbonyl (C=O) groups is 2. The van der Waals surface area contributed by atoms with Gasteiger partial charge in [-0.25, -0.2) is 0 Å². The van der Waals surface area contributed by atoms with E-state index in [1.54, 1.807) is 17.0 Å². The summed E-state index contributed by atoms with van der Waals surface area (Å²) in [6, 6.07) is 6.08. The van der Waals surface area contributed by atoms with Gasteiger partial charge in [-0.2, -0.15) is 18.2 Å². The van der Waals surface area contributed by atoms with Crippen LogP contribution in [-0.4, -0.2) is 71.0 Å². The second-order valence-corrected chi connectivity index (χ2v) is 6.52. The molecule has 0 unspecified atom stereocenters. The van der Waals surface area contributed by atoms with Crippen LogP contribution in [0.15, 0.2) is 28.8 Å². The maximum atomic E-state index is 12.8. The first-order chi connectivity index (χ1) is 13.8. The Balaban J connectivity index is 1.64. The number of hydrogen-bond donors (Lipinski definition) is 1. The van der Waals surface area contributed by atoms with Gasteiger partial charge >= 0.3 is 12.1 Å². The highest BCUT2D eigenvalue weighted by Crippen LogP contribution is 2.29. The van der Waals surface area contributed by atoms with Crippen LogP contribution < -0.4 is 5.32 Å². The standard InChI is InChI=1S/C18H20F3N5O3/c1-2-22-14(27)11-25-6-8-26(9-7-25)16(28)13-5-3-4-12(10-13)15-23-17(29-24-15)18(19,20)21/h3-5,10H,2,6-9,11H2,1H3,(H,22,27). The van der Waals surface area contributed by atoms with Crippen LogP contribution in [0.2, 0.25) is 0 Å². The van der Waals surface area contributed by atoms with Crippen LogP contribution in [0.3, 0.4) is 0 Å². The molecule has 1 aromatic heterocycles. The van der Waals surface area contributed by atoms with Crippen molar-refractivity contribution in [1.29, 1.82) is 0 Å². The van der Waals surface area contributed by atoms with Gasteiger partial charge in [0.2, 0.25) is 11.7 Å². The average molecular weight is 411 g/mol. The first kappa shape index (κ1) is 20.8. The number of benzene rings is 1. The number of aromatic nitrogens is 2. The Labute approximate surface area is 164 Å². The molecule has 0 radical (unpaired) electrons. The van der Waals surface area contributed by atoms with Crippen LogP contribution in [0.1, 0.15) is 23.2 Å². The fourth-order valence-electron chi connectivity index (χ4n) is 2.99. The number of carbonyl (C=O) groups excluding carboxylic acids is 2. The summed E-state index contributed by atoms with van der Waals surface area (Å²) < 4.78 is 42.1. The van der Waals surface area contributed by atoms with Gasteiger partial charge in [-0.05, 0) is 19.1 Å². The first-order valence-corrected chi connectivity index (χ1v) is 9.07. The molecule has 2 amide bonds. The first-order valence-electron chi connectivity index (χ1n) is 9.07. The highest BCUT2D eigenvalue weighted by atomic mass is 19.4. The quantitative estimate of drug-likeness (QED) is 0.805. The van der Waals surface area contributed by atoms with Gasteiger partial charge in [0.1, 0.15) is 0 Å². The van der Waals surface area contributed by atoms with Gasteiger partial charge in [0.15, 0.2) is 0 Å². The van der Waals surface area contributed by atoms with Crippen LogP contribution in [0.5, 0.6) is 0 Å². The number of nitrogens with zero attached hydrogens (tertiary/aromatic N) is 4. The van der Waals surface area contributed by atoms with E-state index in [1.165, 1.54) is 12.1 Å². The molecule has 11 heteroatoms. The molecule has 8 nitrogen and oxygen atoms in total. The Morgan fingerprint density at radius 1 is 1.21 bits per heavy atom. The summed E-state index contributed by atoms with van der Waals surface area (Å²) in [4.78, 5) is 31.4. The minimum absolute atomic E-state index is 0.0571. The number of amides is 2. The molecule has 2 heterocycles. The third-order valence-corrected chi connectivity index (χ3v) is 4.44. The van der Waals surface area contributed by atoms with Gasteiger partial charge in [-0.15, -0.1) is 0 Å². The van der Waals surface area contributed by atoms with Crippen molar-refractivity contribution in [2.75, 3.05) is 39.3 Å². The van der Waals surface area contributed by atoms with Crippen LogP contribution >= 0.6 is 0 Å². The molecule has 2 aromatic rings. The van der Waals surface area contributed by atoms with Crippen LogP contribution in [-0.2, 0) is 11.0 Å². The van der Waals surface area contributed by atoms with Crippen molar-refractivity contribution >= 4 is 11.8 Å². The zero-order chi connectivity index (χ0) is 21.0. The van der Waals surface area contributed by atoms with Crippen molar-refractivity contribution in [1.82, 2.24) is 25.3 Å². The lowest BCUT2D eigenvalue weighted by Crippen LogP contribution is -2.51. The maximum absolute atomic E-state index is 12.8. The molecule has 1 aliphatic heterocycles. The minimum Gasteiger partial charge on any atom is -0.355 e. The lowest BCUT2D eigenvalue weighted by molar-refractivity contribution is -0.159. The SMILES string of the molecule is CCNC(=O)CN1CCN(C(=O)c2cccc(-c3noc(C(F)(F)F)n3)c2)CC1. The topological polar surface area (TPSA) is 91.6 Å². The van der Waals surface area contributed by atoms with E-state index < -0.39 is 12.1 Å². The van der Waals surface area contributed by atoms with E-state index in [-0.39, 0.29) is 29.7 Å². The summed E-state index contributed by atoms with van der Waals surface area (Å²) in [7, 11) is 0. The molecule has 1 aliphatic rings. The molecule has 0 spiro atoms. The Bertz CT molecular complexity index is 876.